The van der Waals surface area contributed by atoms with E-state index in [-0.39, 0.29) is 36.8 Å². The third kappa shape index (κ3) is 5.83. The standard InChI is InChI=1S/C12H20N4OS2.2ClH/c1-18-8-2-10(13)11(17)15-4-6-16(7-5-15)12-14-3-9-19-12;;/h3,9-10H,2,4-8,13H2,1H3;2*1H. The van der Waals surface area contributed by atoms with Gasteiger partial charge in [0.25, 0.3) is 0 Å². The van der Waals surface area contributed by atoms with Gasteiger partial charge < -0.3 is 15.5 Å². The predicted octanol–water partition coefficient (Wildman–Crippen LogP) is 1.72. The molecule has 9 heteroatoms. The second-order valence-electron chi connectivity index (χ2n) is 4.51. The number of hydrogen-bond acceptors (Lipinski definition) is 6. The molecule has 1 unspecified atom stereocenters. The molecule has 2 rings (SSSR count). The molecule has 0 aromatic carbocycles. The summed E-state index contributed by atoms with van der Waals surface area (Å²) < 4.78 is 0. The lowest BCUT2D eigenvalue weighted by atomic mass is 10.2. The lowest BCUT2D eigenvalue weighted by Crippen LogP contribution is -2.53. The Balaban J connectivity index is 0.00000200. The Kier molecular flexibility index (Phi) is 10.4. The van der Waals surface area contributed by atoms with E-state index in [0.717, 1.165) is 43.5 Å². The van der Waals surface area contributed by atoms with Crippen LogP contribution in [-0.4, -0.2) is 60.0 Å². The molecule has 1 amide bonds. The Hall–Kier alpha value is -0.210. The number of thiazole rings is 1. The maximum absolute atomic E-state index is 12.2. The van der Waals surface area contributed by atoms with Crippen LogP contribution in [0.25, 0.3) is 0 Å². The fraction of sp³-hybridized carbons (Fsp3) is 0.667. The van der Waals surface area contributed by atoms with Crippen LogP contribution in [0.2, 0.25) is 0 Å². The van der Waals surface area contributed by atoms with Crippen molar-refractivity contribution in [1.29, 1.82) is 0 Å². The van der Waals surface area contributed by atoms with Crippen molar-refractivity contribution >= 4 is 59.0 Å². The van der Waals surface area contributed by atoms with Gasteiger partial charge >= 0.3 is 0 Å². The third-order valence-corrected chi connectivity index (χ3v) is 4.71. The van der Waals surface area contributed by atoms with E-state index >= 15 is 0 Å². The maximum Gasteiger partial charge on any atom is 0.239 e. The molecule has 1 aliphatic heterocycles. The number of hydrogen-bond donors (Lipinski definition) is 1. The molecule has 1 aliphatic rings. The first-order valence-electron chi connectivity index (χ1n) is 6.40. The highest BCUT2D eigenvalue weighted by molar-refractivity contribution is 7.98. The summed E-state index contributed by atoms with van der Waals surface area (Å²) in [6.45, 7) is 3.17. The van der Waals surface area contributed by atoms with Crippen molar-refractivity contribution in [3.05, 3.63) is 11.6 Å². The fourth-order valence-corrected chi connectivity index (χ4v) is 3.28. The van der Waals surface area contributed by atoms with E-state index in [4.69, 9.17) is 5.73 Å². The van der Waals surface area contributed by atoms with Gasteiger partial charge in [-0.3, -0.25) is 4.79 Å². The molecule has 1 saturated heterocycles. The zero-order chi connectivity index (χ0) is 13.7. The smallest absolute Gasteiger partial charge is 0.239 e. The first-order valence-corrected chi connectivity index (χ1v) is 8.67. The lowest BCUT2D eigenvalue weighted by molar-refractivity contribution is -0.132. The quantitative estimate of drug-likeness (QED) is 0.852. The highest BCUT2D eigenvalue weighted by Crippen LogP contribution is 2.19. The van der Waals surface area contributed by atoms with Crippen LogP contribution in [0.5, 0.6) is 0 Å². The van der Waals surface area contributed by atoms with Gasteiger partial charge in [0.1, 0.15) is 0 Å². The number of carbonyl (C=O) groups excluding carboxylic acids is 1. The van der Waals surface area contributed by atoms with Crippen LogP contribution in [0.15, 0.2) is 11.6 Å². The maximum atomic E-state index is 12.2. The Morgan fingerprint density at radius 2 is 2.10 bits per heavy atom. The monoisotopic (exact) mass is 372 g/mol. The Morgan fingerprint density at radius 3 is 2.62 bits per heavy atom. The van der Waals surface area contributed by atoms with Gasteiger partial charge in [-0.2, -0.15) is 11.8 Å². The van der Waals surface area contributed by atoms with Crippen LogP contribution in [0.1, 0.15) is 6.42 Å². The van der Waals surface area contributed by atoms with E-state index in [0.29, 0.717) is 0 Å². The molecule has 0 aliphatic carbocycles. The van der Waals surface area contributed by atoms with Crippen LogP contribution in [-0.2, 0) is 4.79 Å². The van der Waals surface area contributed by atoms with Gasteiger partial charge in [0.2, 0.25) is 5.91 Å². The molecule has 0 saturated carbocycles. The van der Waals surface area contributed by atoms with E-state index < -0.39 is 0 Å². The molecule has 122 valence electrons. The average Bonchev–Trinajstić information content (AvgIpc) is 2.98. The van der Waals surface area contributed by atoms with Crippen molar-refractivity contribution in [3.63, 3.8) is 0 Å². The summed E-state index contributed by atoms with van der Waals surface area (Å²) in [5.41, 5.74) is 5.93. The van der Waals surface area contributed by atoms with Gasteiger partial charge in [0.05, 0.1) is 6.04 Å². The van der Waals surface area contributed by atoms with E-state index in [1.54, 1.807) is 23.1 Å². The molecule has 0 bridgehead atoms. The number of thioether (sulfide) groups is 1. The van der Waals surface area contributed by atoms with Gasteiger partial charge in [-0.15, -0.1) is 36.2 Å². The molecule has 21 heavy (non-hydrogen) atoms. The summed E-state index contributed by atoms with van der Waals surface area (Å²) in [5, 5.41) is 3.02. The van der Waals surface area contributed by atoms with E-state index in [2.05, 4.69) is 9.88 Å². The van der Waals surface area contributed by atoms with Crippen molar-refractivity contribution in [2.45, 2.75) is 12.5 Å². The summed E-state index contributed by atoms with van der Waals surface area (Å²) in [4.78, 5) is 20.6. The van der Waals surface area contributed by atoms with E-state index in [9.17, 15) is 4.79 Å². The number of aromatic nitrogens is 1. The number of anilines is 1. The minimum absolute atomic E-state index is 0. The van der Waals surface area contributed by atoms with E-state index in [1.165, 1.54) is 0 Å². The molecule has 1 aromatic heterocycles. The summed E-state index contributed by atoms with van der Waals surface area (Å²) in [5.74, 6) is 1.03. The molecule has 0 spiro atoms. The molecule has 2 N–H and O–H groups in total. The first kappa shape index (κ1) is 20.8. The normalized spacial score (nSPS) is 15.9. The van der Waals surface area contributed by atoms with Crippen LogP contribution in [0.4, 0.5) is 5.13 Å². The van der Waals surface area contributed by atoms with E-state index in [1.807, 2.05) is 22.7 Å². The number of piperazine rings is 1. The van der Waals surface area contributed by atoms with Crippen LogP contribution >= 0.6 is 47.9 Å². The van der Waals surface area contributed by atoms with Crippen LogP contribution < -0.4 is 10.6 Å². The minimum atomic E-state index is -0.348. The van der Waals surface area contributed by atoms with Crippen molar-refractivity contribution in [3.8, 4) is 0 Å². The fourth-order valence-electron chi connectivity index (χ4n) is 2.09. The van der Waals surface area contributed by atoms with Gasteiger partial charge in [0, 0.05) is 37.8 Å². The number of nitrogens with zero attached hydrogens (tertiary/aromatic N) is 3. The Bertz CT molecular complexity index is 400. The first-order chi connectivity index (χ1) is 9.22. The molecule has 1 aromatic rings. The molecule has 2 heterocycles. The summed E-state index contributed by atoms with van der Waals surface area (Å²) in [6, 6.07) is -0.348. The molecule has 0 radical (unpaired) electrons. The second-order valence-corrected chi connectivity index (χ2v) is 6.37. The summed E-state index contributed by atoms with van der Waals surface area (Å²) >= 11 is 3.37. The van der Waals surface area contributed by atoms with Crippen molar-refractivity contribution in [2.75, 3.05) is 43.1 Å². The van der Waals surface area contributed by atoms with Gasteiger partial charge in [-0.25, -0.2) is 4.98 Å². The highest BCUT2D eigenvalue weighted by atomic mass is 35.5. The average molecular weight is 373 g/mol. The number of amides is 1. The zero-order valence-electron chi connectivity index (χ0n) is 11.9. The lowest BCUT2D eigenvalue weighted by Gasteiger charge is -2.35. The molecular weight excluding hydrogens is 351 g/mol. The molecule has 1 fully saturated rings. The third-order valence-electron chi connectivity index (χ3n) is 3.23. The van der Waals surface area contributed by atoms with Crippen molar-refractivity contribution in [1.82, 2.24) is 9.88 Å². The summed E-state index contributed by atoms with van der Waals surface area (Å²) in [6.07, 6.45) is 4.60. The van der Waals surface area contributed by atoms with Gasteiger partial charge in [0.15, 0.2) is 5.13 Å². The van der Waals surface area contributed by atoms with Crippen molar-refractivity contribution < 1.29 is 4.79 Å². The highest BCUT2D eigenvalue weighted by Gasteiger charge is 2.25. The summed E-state index contributed by atoms with van der Waals surface area (Å²) in [7, 11) is 0. The van der Waals surface area contributed by atoms with Crippen molar-refractivity contribution in [2.24, 2.45) is 5.73 Å². The molecular formula is C12H22Cl2N4OS2. The Morgan fingerprint density at radius 1 is 1.43 bits per heavy atom. The Labute approximate surface area is 146 Å². The number of nitrogens with two attached hydrogens (primary N) is 1. The predicted molar refractivity (Wildman–Crippen MR) is 96.4 cm³/mol. The number of carbonyl (C=O) groups is 1. The molecule has 5 nitrogen and oxygen atoms in total. The second kappa shape index (κ2) is 10.5. The largest absolute Gasteiger partial charge is 0.345 e. The molecule has 1 atom stereocenters. The number of rotatable bonds is 5. The van der Waals surface area contributed by atoms with Gasteiger partial charge in [-0.1, -0.05) is 0 Å². The van der Waals surface area contributed by atoms with Crippen LogP contribution in [0, 0.1) is 0 Å². The van der Waals surface area contributed by atoms with Crippen LogP contribution in [0.3, 0.4) is 0 Å². The SMILES string of the molecule is CSCCC(N)C(=O)N1CCN(c2nccs2)CC1.Cl.Cl. The minimum Gasteiger partial charge on any atom is -0.345 e. The number of halogens is 2. The van der Waals surface area contributed by atoms with Gasteiger partial charge in [-0.05, 0) is 18.4 Å². The zero-order valence-corrected chi connectivity index (χ0v) is 15.2. The topological polar surface area (TPSA) is 62.5 Å².